The molecule has 0 spiro atoms. The second kappa shape index (κ2) is 4.43. The van der Waals surface area contributed by atoms with Crippen molar-refractivity contribution in [1.82, 2.24) is 9.78 Å². The fourth-order valence-electron chi connectivity index (χ4n) is 1.62. The molecule has 0 unspecified atom stereocenters. The molecule has 0 saturated heterocycles. The Bertz CT molecular complexity index is 470. The molecule has 0 saturated carbocycles. The van der Waals surface area contributed by atoms with Gasteiger partial charge in [-0.3, -0.25) is 4.68 Å². The Labute approximate surface area is 95.3 Å². The van der Waals surface area contributed by atoms with Gasteiger partial charge in [0.1, 0.15) is 17.3 Å². The summed E-state index contributed by atoms with van der Waals surface area (Å²) in [5.74, 6) is 2.90. The van der Waals surface area contributed by atoms with Gasteiger partial charge in [-0.1, -0.05) is 6.92 Å². The van der Waals surface area contributed by atoms with Crippen LogP contribution in [0.4, 0.5) is 5.82 Å². The summed E-state index contributed by atoms with van der Waals surface area (Å²) in [5, 5.41) is 7.67. The third-order valence-electron chi connectivity index (χ3n) is 2.53. The minimum absolute atomic E-state index is 0.691. The van der Waals surface area contributed by atoms with Gasteiger partial charge in [0, 0.05) is 13.1 Å². The van der Waals surface area contributed by atoms with Crippen molar-refractivity contribution in [2.45, 2.75) is 26.8 Å². The number of hydrogen-bond donors (Lipinski definition) is 1. The topological polar surface area (TPSA) is 43.0 Å². The normalized spacial score (nSPS) is 10.7. The van der Waals surface area contributed by atoms with E-state index in [1.54, 1.807) is 0 Å². The fraction of sp³-hybridized carbons (Fsp3) is 0.417. The van der Waals surface area contributed by atoms with Crippen molar-refractivity contribution in [2.24, 2.45) is 7.05 Å². The average Bonchev–Trinajstić information content (AvgIpc) is 2.82. The van der Waals surface area contributed by atoms with Crippen LogP contribution in [0.1, 0.15) is 24.1 Å². The Kier molecular flexibility index (Phi) is 2.99. The molecule has 0 atom stereocenters. The molecule has 0 fully saturated rings. The van der Waals surface area contributed by atoms with E-state index in [0.717, 1.165) is 29.5 Å². The largest absolute Gasteiger partial charge is 0.465 e. The summed E-state index contributed by atoms with van der Waals surface area (Å²) in [4.78, 5) is 0. The standard InChI is InChI=1S/C12H17N3O/c1-4-10-7-12(15(3)14-10)13-8-11-6-5-9(2)16-11/h5-7,13H,4,8H2,1-3H3. The molecule has 4 nitrogen and oxygen atoms in total. The number of rotatable bonds is 4. The van der Waals surface area contributed by atoms with Crippen molar-refractivity contribution in [1.29, 1.82) is 0 Å². The van der Waals surface area contributed by atoms with E-state index in [-0.39, 0.29) is 0 Å². The Hall–Kier alpha value is -1.71. The lowest BCUT2D eigenvalue weighted by Gasteiger charge is -2.03. The number of hydrogen-bond acceptors (Lipinski definition) is 3. The molecule has 16 heavy (non-hydrogen) atoms. The maximum absolute atomic E-state index is 5.49. The Balaban J connectivity index is 2.01. The van der Waals surface area contributed by atoms with Crippen LogP contribution in [0.25, 0.3) is 0 Å². The van der Waals surface area contributed by atoms with Crippen molar-refractivity contribution in [3.8, 4) is 0 Å². The van der Waals surface area contributed by atoms with Crippen LogP contribution in [0.5, 0.6) is 0 Å². The van der Waals surface area contributed by atoms with Gasteiger partial charge in [0.15, 0.2) is 0 Å². The quantitative estimate of drug-likeness (QED) is 0.859. The minimum Gasteiger partial charge on any atom is -0.465 e. The van der Waals surface area contributed by atoms with Gasteiger partial charge >= 0.3 is 0 Å². The number of aromatic nitrogens is 2. The van der Waals surface area contributed by atoms with Crippen LogP contribution < -0.4 is 5.32 Å². The van der Waals surface area contributed by atoms with Gasteiger partial charge in [-0.2, -0.15) is 5.10 Å². The molecule has 0 aliphatic rings. The maximum Gasteiger partial charge on any atom is 0.124 e. The van der Waals surface area contributed by atoms with Crippen LogP contribution in [-0.4, -0.2) is 9.78 Å². The Morgan fingerprint density at radius 3 is 2.81 bits per heavy atom. The second-order valence-corrected chi connectivity index (χ2v) is 3.86. The summed E-state index contributed by atoms with van der Waals surface area (Å²) in [6.07, 6.45) is 0.954. The van der Waals surface area contributed by atoms with Crippen molar-refractivity contribution in [2.75, 3.05) is 5.32 Å². The van der Waals surface area contributed by atoms with Gasteiger partial charge in [-0.25, -0.2) is 0 Å². The van der Waals surface area contributed by atoms with Gasteiger partial charge < -0.3 is 9.73 Å². The molecule has 2 aromatic heterocycles. The molecule has 0 radical (unpaired) electrons. The molecular weight excluding hydrogens is 202 g/mol. The molecule has 2 aromatic rings. The van der Waals surface area contributed by atoms with E-state index < -0.39 is 0 Å². The van der Waals surface area contributed by atoms with E-state index in [2.05, 4.69) is 23.4 Å². The van der Waals surface area contributed by atoms with Gasteiger partial charge in [0.25, 0.3) is 0 Å². The van der Waals surface area contributed by atoms with Crippen molar-refractivity contribution in [3.63, 3.8) is 0 Å². The van der Waals surface area contributed by atoms with Crippen molar-refractivity contribution in [3.05, 3.63) is 35.4 Å². The molecule has 0 aromatic carbocycles. The molecule has 0 aliphatic heterocycles. The summed E-state index contributed by atoms with van der Waals surface area (Å²) >= 11 is 0. The number of furan rings is 1. The SMILES string of the molecule is CCc1cc(NCc2ccc(C)o2)n(C)n1. The number of nitrogens with one attached hydrogen (secondary N) is 1. The first-order valence-electron chi connectivity index (χ1n) is 5.51. The zero-order valence-electron chi connectivity index (χ0n) is 9.95. The lowest BCUT2D eigenvalue weighted by Crippen LogP contribution is -2.03. The lowest BCUT2D eigenvalue weighted by atomic mass is 10.3. The highest BCUT2D eigenvalue weighted by molar-refractivity contribution is 5.37. The van der Waals surface area contributed by atoms with Crippen LogP contribution in [-0.2, 0) is 20.0 Å². The zero-order valence-corrected chi connectivity index (χ0v) is 9.95. The smallest absolute Gasteiger partial charge is 0.124 e. The predicted octanol–water partition coefficient (Wildman–Crippen LogP) is 2.50. The summed E-state index contributed by atoms with van der Waals surface area (Å²) in [7, 11) is 1.94. The monoisotopic (exact) mass is 219 g/mol. The third kappa shape index (κ3) is 2.27. The van der Waals surface area contributed by atoms with Gasteiger partial charge in [0.2, 0.25) is 0 Å². The van der Waals surface area contributed by atoms with E-state index in [1.165, 1.54) is 0 Å². The fourth-order valence-corrected chi connectivity index (χ4v) is 1.62. The highest BCUT2D eigenvalue weighted by Crippen LogP contribution is 2.12. The van der Waals surface area contributed by atoms with Crippen LogP contribution in [0.15, 0.2) is 22.6 Å². The Morgan fingerprint density at radius 1 is 1.44 bits per heavy atom. The van der Waals surface area contributed by atoms with Crippen molar-refractivity contribution >= 4 is 5.82 Å². The lowest BCUT2D eigenvalue weighted by molar-refractivity contribution is 0.490. The van der Waals surface area contributed by atoms with Crippen LogP contribution in [0.2, 0.25) is 0 Å². The molecular formula is C12H17N3O. The third-order valence-corrected chi connectivity index (χ3v) is 2.53. The highest BCUT2D eigenvalue weighted by atomic mass is 16.3. The van der Waals surface area contributed by atoms with E-state index in [4.69, 9.17) is 4.42 Å². The van der Waals surface area contributed by atoms with Gasteiger partial charge in [0.05, 0.1) is 12.2 Å². The van der Waals surface area contributed by atoms with Crippen LogP contribution in [0.3, 0.4) is 0 Å². The van der Waals surface area contributed by atoms with E-state index in [9.17, 15) is 0 Å². The first-order valence-corrected chi connectivity index (χ1v) is 5.51. The predicted molar refractivity (Wildman–Crippen MR) is 63.4 cm³/mol. The van der Waals surface area contributed by atoms with E-state index in [1.807, 2.05) is 30.8 Å². The van der Waals surface area contributed by atoms with Gasteiger partial charge in [-0.15, -0.1) is 0 Å². The first kappa shape index (κ1) is 10.8. The number of nitrogens with zero attached hydrogens (tertiary/aromatic N) is 2. The summed E-state index contributed by atoms with van der Waals surface area (Å²) in [6.45, 7) is 4.74. The first-order chi connectivity index (χ1) is 7.69. The summed E-state index contributed by atoms with van der Waals surface area (Å²) in [6, 6.07) is 6.02. The Morgan fingerprint density at radius 2 is 2.25 bits per heavy atom. The van der Waals surface area contributed by atoms with Crippen molar-refractivity contribution < 1.29 is 4.42 Å². The number of aryl methyl sites for hydroxylation is 3. The zero-order chi connectivity index (χ0) is 11.5. The van der Waals surface area contributed by atoms with Crippen LogP contribution in [0, 0.1) is 6.92 Å². The van der Waals surface area contributed by atoms with E-state index >= 15 is 0 Å². The van der Waals surface area contributed by atoms with Gasteiger partial charge in [-0.05, 0) is 25.5 Å². The molecule has 0 amide bonds. The second-order valence-electron chi connectivity index (χ2n) is 3.86. The summed E-state index contributed by atoms with van der Waals surface area (Å²) in [5.41, 5.74) is 1.10. The molecule has 2 heterocycles. The van der Waals surface area contributed by atoms with Crippen LogP contribution >= 0.6 is 0 Å². The number of anilines is 1. The average molecular weight is 219 g/mol. The molecule has 86 valence electrons. The molecule has 2 rings (SSSR count). The highest BCUT2D eigenvalue weighted by Gasteiger charge is 2.04. The molecule has 0 bridgehead atoms. The molecule has 4 heteroatoms. The summed E-state index contributed by atoms with van der Waals surface area (Å²) < 4.78 is 7.34. The molecule has 1 N–H and O–H groups in total. The maximum atomic E-state index is 5.49. The minimum atomic E-state index is 0.691. The van der Waals surface area contributed by atoms with E-state index in [0.29, 0.717) is 6.54 Å². The molecule has 0 aliphatic carbocycles.